The fraction of sp³-hybridized carbons (Fsp3) is 0.154. The fourth-order valence-corrected chi connectivity index (χ4v) is 1.34. The molecule has 0 saturated carbocycles. The number of hydrogen-bond donors (Lipinski definition) is 4. The van der Waals surface area contributed by atoms with Crippen molar-refractivity contribution in [3.8, 4) is 0 Å². The van der Waals surface area contributed by atoms with E-state index >= 15 is 0 Å². The summed E-state index contributed by atoms with van der Waals surface area (Å²) in [6, 6.07) is 9.78. The van der Waals surface area contributed by atoms with Crippen molar-refractivity contribution in [2.24, 2.45) is 5.73 Å². The number of carboxylic acids is 1. The predicted molar refractivity (Wildman–Crippen MR) is 73.4 cm³/mol. The van der Waals surface area contributed by atoms with Crippen LogP contribution < -0.4 is 17.0 Å². The number of carbonyl (C=O) groups is 1. The van der Waals surface area contributed by atoms with Gasteiger partial charge in [-0.15, -0.1) is 0 Å². The van der Waals surface area contributed by atoms with Gasteiger partial charge in [0.05, 0.1) is 0 Å². The number of H-pyrrole nitrogens is 2. The van der Waals surface area contributed by atoms with E-state index in [0.717, 1.165) is 5.56 Å². The van der Waals surface area contributed by atoms with Crippen molar-refractivity contribution in [2.75, 3.05) is 0 Å². The summed E-state index contributed by atoms with van der Waals surface area (Å²) in [6.45, 7) is 0. The molecule has 1 aromatic heterocycles. The lowest BCUT2D eigenvalue weighted by Crippen LogP contribution is -2.32. The number of aromatic amines is 2. The molecule has 1 atom stereocenters. The summed E-state index contributed by atoms with van der Waals surface area (Å²) in [4.78, 5) is 35.0. The average Bonchev–Trinajstić information content (AvgIpc) is 2.40. The Labute approximate surface area is 114 Å². The van der Waals surface area contributed by atoms with E-state index < -0.39 is 17.7 Å². The summed E-state index contributed by atoms with van der Waals surface area (Å²) in [7, 11) is 0. The molecular formula is C13H15N3O4. The number of benzene rings is 1. The van der Waals surface area contributed by atoms with Crippen LogP contribution in [-0.2, 0) is 11.2 Å². The second kappa shape index (κ2) is 7.70. The van der Waals surface area contributed by atoms with Gasteiger partial charge in [0.25, 0.3) is 5.56 Å². The van der Waals surface area contributed by atoms with Crippen LogP contribution in [0.15, 0.2) is 52.2 Å². The Bertz CT molecular complexity index is 623. The third kappa shape index (κ3) is 5.78. The Morgan fingerprint density at radius 3 is 2.30 bits per heavy atom. The second-order valence-electron chi connectivity index (χ2n) is 3.93. The van der Waals surface area contributed by atoms with Crippen molar-refractivity contribution in [1.82, 2.24) is 9.97 Å². The third-order valence-electron chi connectivity index (χ3n) is 2.30. The maximum absolute atomic E-state index is 10.4. The van der Waals surface area contributed by atoms with Gasteiger partial charge in [0.1, 0.15) is 6.04 Å². The number of carboxylic acid groups (broad SMARTS) is 1. The highest BCUT2D eigenvalue weighted by Gasteiger charge is 2.10. The van der Waals surface area contributed by atoms with E-state index in [1.807, 2.05) is 35.3 Å². The normalized spacial score (nSPS) is 11.1. The van der Waals surface area contributed by atoms with Gasteiger partial charge in [0.2, 0.25) is 0 Å². The molecule has 0 spiro atoms. The number of aliphatic carboxylic acids is 1. The van der Waals surface area contributed by atoms with Crippen LogP contribution in [0.2, 0.25) is 0 Å². The molecule has 0 aliphatic rings. The molecule has 0 fully saturated rings. The summed E-state index contributed by atoms with van der Waals surface area (Å²) in [6.07, 6.45) is 1.68. The largest absolute Gasteiger partial charge is 0.480 e. The Morgan fingerprint density at radius 2 is 1.85 bits per heavy atom. The van der Waals surface area contributed by atoms with Crippen LogP contribution in [0.1, 0.15) is 5.56 Å². The van der Waals surface area contributed by atoms with Crippen molar-refractivity contribution in [3.05, 3.63) is 69.0 Å². The van der Waals surface area contributed by atoms with E-state index in [0.29, 0.717) is 6.42 Å². The molecule has 7 nitrogen and oxygen atoms in total. The summed E-state index contributed by atoms with van der Waals surface area (Å²) < 4.78 is 0. The molecule has 106 valence electrons. The van der Waals surface area contributed by atoms with Crippen molar-refractivity contribution >= 4 is 5.97 Å². The summed E-state index contributed by atoms with van der Waals surface area (Å²) >= 11 is 0. The zero-order valence-corrected chi connectivity index (χ0v) is 10.6. The van der Waals surface area contributed by atoms with Crippen molar-refractivity contribution in [3.63, 3.8) is 0 Å². The van der Waals surface area contributed by atoms with Crippen molar-refractivity contribution in [2.45, 2.75) is 12.5 Å². The van der Waals surface area contributed by atoms with Gasteiger partial charge in [0, 0.05) is 12.3 Å². The molecule has 1 heterocycles. The van der Waals surface area contributed by atoms with E-state index in [1.165, 1.54) is 12.3 Å². The van der Waals surface area contributed by atoms with Crippen LogP contribution in [0, 0.1) is 0 Å². The highest BCUT2D eigenvalue weighted by atomic mass is 16.4. The Hall–Kier alpha value is -2.67. The van der Waals surface area contributed by atoms with Gasteiger partial charge in [-0.1, -0.05) is 30.3 Å². The maximum atomic E-state index is 10.4. The highest BCUT2D eigenvalue weighted by molar-refractivity contribution is 5.73. The molecule has 0 bridgehead atoms. The molecule has 20 heavy (non-hydrogen) atoms. The van der Waals surface area contributed by atoms with E-state index in [1.54, 1.807) is 0 Å². The van der Waals surface area contributed by atoms with Gasteiger partial charge < -0.3 is 15.8 Å². The third-order valence-corrected chi connectivity index (χ3v) is 2.30. The van der Waals surface area contributed by atoms with Gasteiger partial charge >= 0.3 is 11.7 Å². The van der Waals surface area contributed by atoms with Gasteiger partial charge in [-0.25, -0.2) is 4.79 Å². The SMILES string of the molecule is NC(Cc1ccccc1)C(=O)O.O=c1cc[nH]c(=O)[nH]1. The summed E-state index contributed by atoms with van der Waals surface area (Å²) in [5.41, 5.74) is 5.44. The van der Waals surface area contributed by atoms with Crippen LogP contribution in [-0.4, -0.2) is 27.1 Å². The number of nitrogens with two attached hydrogens (primary N) is 1. The van der Waals surface area contributed by atoms with E-state index in [9.17, 15) is 14.4 Å². The number of hydrogen-bond acceptors (Lipinski definition) is 4. The Morgan fingerprint density at radius 1 is 1.20 bits per heavy atom. The lowest BCUT2D eigenvalue weighted by molar-refractivity contribution is -0.138. The van der Waals surface area contributed by atoms with Crippen molar-refractivity contribution in [1.29, 1.82) is 0 Å². The predicted octanol–water partition coefficient (Wildman–Crippen LogP) is -0.296. The summed E-state index contributed by atoms with van der Waals surface area (Å²) in [5.74, 6) is -0.959. The standard InChI is InChI=1S/C9H11NO2.C4H4N2O2/c10-8(9(11)12)6-7-4-2-1-3-5-7;7-3-1-2-5-4(8)6-3/h1-5,8H,6,10H2,(H,11,12);1-2H,(H2,5,6,7,8). The Kier molecular flexibility index (Phi) is 5.92. The van der Waals surface area contributed by atoms with Crippen LogP contribution in [0.25, 0.3) is 0 Å². The van der Waals surface area contributed by atoms with Gasteiger partial charge in [-0.3, -0.25) is 14.6 Å². The monoisotopic (exact) mass is 277 g/mol. The molecular weight excluding hydrogens is 262 g/mol. The van der Waals surface area contributed by atoms with E-state index in [4.69, 9.17) is 10.8 Å². The molecule has 5 N–H and O–H groups in total. The molecule has 2 rings (SSSR count). The minimum atomic E-state index is -0.959. The first kappa shape index (κ1) is 15.4. The molecule has 1 unspecified atom stereocenters. The molecule has 0 aliphatic heterocycles. The fourth-order valence-electron chi connectivity index (χ4n) is 1.34. The molecule has 0 aliphatic carbocycles. The first-order valence-electron chi connectivity index (χ1n) is 5.79. The average molecular weight is 277 g/mol. The van der Waals surface area contributed by atoms with E-state index in [-0.39, 0.29) is 5.56 Å². The molecule has 0 radical (unpaired) electrons. The topological polar surface area (TPSA) is 129 Å². The van der Waals surface area contributed by atoms with E-state index in [2.05, 4.69) is 4.98 Å². The Balaban J connectivity index is 0.000000217. The van der Waals surface area contributed by atoms with Gasteiger partial charge in [-0.05, 0) is 12.0 Å². The van der Waals surface area contributed by atoms with Crippen molar-refractivity contribution < 1.29 is 9.90 Å². The quantitative estimate of drug-likeness (QED) is 0.612. The number of nitrogens with one attached hydrogen (secondary N) is 2. The van der Waals surface area contributed by atoms with Crippen LogP contribution in [0.4, 0.5) is 0 Å². The zero-order valence-electron chi connectivity index (χ0n) is 10.6. The molecule has 2 aromatic rings. The molecule has 0 saturated heterocycles. The smallest absolute Gasteiger partial charge is 0.325 e. The number of rotatable bonds is 3. The van der Waals surface area contributed by atoms with Crippen LogP contribution in [0.3, 0.4) is 0 Å². The molecule has 0 amide bonds. The molecule has 1 aromatic carbocycles. The number of aromatic nitrogens is 2. The highest BCUT2D eigenvalue weighted by Crippen LogP contribution is 2.01. The maximum Gasteiger partial charge on any atom is 0.325 e. The van der Waals surface area contributed by atoms with Gasteiger partial charge in [-0.2, -0.15) is 0 Å². The molecule has 7 heteroatoms. The van der Waals surface area contributed by atoms with Gasteiger partial charge in [0.15, 0.2) is 0 Å². The minimum absolute atomic E-state index is 0.381. The van der Waals surface area contributed by atoms with Crippen LogP contribution in [0.5, 0.6) is 0 Å². The van der Waals surface area contributed by atoms with Crippen LogP contribution >= 0.6 is 0 Å². The lowest BCUT2D eigenvalue weighted by atomic mass is 10.1. The minimum Gasteiger partial charge on any atom is -0.480 e. The first-order valence-corrected chi connectivity index (χ1v) is 5.79. The lowest BCUT2D eigenvalue weighted by Gasteiger charge is -2.04. The summed E-state index contributed by atoms with van der Waals surface area (Å²) in [5, 5.41) is 8.52. The second-order valence-corrected chi connectivity index (χ2v) is 3.93. The first-order chi connectivity index (χ1) is 9.49. The zero-order chi connectivity index (χ0) is 15.0.